The third-order valence-electron chi connectivity index (χ3n) is 4.08. The van der Waals surface area contributed by atoms with Gasteiger partial charge in [0.25, 0.3) is 5.91 Å². The van der Waals surface area contributed by atoms with Gasteiger partial charge in [0.15, 0.2) is 9.84 Å². The first kappa shape index (κ1) is 18.2. The van der Waals surface area contributed by atoms with Crippen LogP contribution in [0.5, 0.6) is 0 Å². The minimum Gasteiger partial charge on any atom is -0.348 e. The number of halogens is 1. The highest BCUT2D eigenvalue weighted by molar-refractivity contribution is 7.94. The number of carbonyl (C=O) groups excluding carboxylic acids is 2. The number of hydrogen-bond acceptors (Lipinski definition) is 6. The zero-order chi connectivity index (χ0) is 18.4. The zero-order valence-corrected chi connectivity index (χ0v) is 15.3. The highest BCUT2D eigenvalue weighted by Crippen LogP contribution is 2.29. The molecule has 3 rings (SSSR count). The number of nitrogens with one attached hydrogen (secondary N) is 1. The maximum absolute atomic E-state index is 12.4. The number of anilines is 1. The second kappa shape index (κ2) is 6.26. The van der Waals surface area contributed by atoms with E-state index >= 15 is 0 Å². The minimum absolute atomic E-state index is 0.00619. The lowest BCUT2D eigenvalue weighted by Gasteiger charge is -2.17. The summed E-state index contributed by atoms with van der Waals surface area (Å²) in [5.74, 6) is -1.61. The Morgan fingerprint density at radius 2 is 1.92 bits per heavy atom. The van der Waals surface area contributed by atoms with Crippen molar-refractivity contribution in [2.45, 2.75) is 18.9 Å². The third kappa shape index (κ3) is 3.65. The fourth-order valence-electron chi connectivity index (χ4n) is 2.85. The SMILES string of the molecule is O=C(NC1CCS(=O)(=O)C1)c1cc(N2C(=O)CCS2(=O)=O)ccc1Cl. The second-order valence-electron chi connectivity index (χ2n) is 5.96. The van der Waals surface area contributed by atoms with Gasteiger partial charge >= 0.3 is 0 Å². The number of nitrogens with zero attached hydrogens (tertiary/aromatic N) is 1. The molecule has 0 spiro atoms. The van der Waals surface area contributed by atoms with Crippen molar-refractivity contribution in [3.8, 4) is 0 Å². The molecule has 1 unspecified atom stereocenters. The molecule has 25 heavy (non-hydrogen) atoms. The van der Waals surface area contributed by atoms with Crippen LogP contribution in [0.4, 0.5) is 5.69 Å². The van der Waals surface area contributed by atoms with Crippen molar-refractivity contribution < 1.29 is 26.4 Å². The van der Waals surface area contributed by atoms with Gasteiger partial charge < -0.3 is 5.32 Å². The van der Waals surface area contributed by atoms with E-state index in [1.54, 1.807) is 0 Å². The Bertz CT molecular complexity index is 958. The van der Waals surface area contributed by atoms with Gasteiger partial charge in [-0.15, -0.1) is 0 Å². The van der Waals surface area contributed by atoms with E-state index in [0.29, 0.717) is 10.7 Å². The lowest BCUT2D eigenvalue weighted by Crippen LogP contribution is -2.36. The number of carbonyl (C=O) groups is 2. The van der Waals surface area contributed by atoms with E-state index in [9.17, 15) is 26.4 Å². The highest BCUT2D eigenvalue weighted by Gasteiger charge is 2.37. The molecule has 2 saturated heterocycles. The summed E-state index contributed by atoms with van der Waals surface area (Å²) in [5, 5.41) is 2.66. The van der Waals surface area contributed by atoms with Crippen molar-refractivity contribution in [3.63, 3.8) is 0 Å². The molecule has 1 aromatic rings. The quantitative estimate of drug-likeness (QED) is 0.772. The fourth-order valence-corrected chi connectivity index (χ4v) is 6.18. The number of rotatable bonds is 3. The normalized spacial score (nSPS) is 24.4. The van der Waals surface area contributed by atoms with Gasteiger partial charge in [0, 0.05) is 12.5 Å². The molecule has 0 bridgehead atoms. The molecular formula is C14H15ClN2O6S2. The molecule has 2 heterocycles. The van der Waals surface area contributed by atoms with Crippen LogP contribution in [-0.2, 0) is 24.7 Å². The summed E-state index contributed by atoms with van der Waals surface area (Å²) in [6, 6.07) is 3.38. The molecule has 0 radical (unpaired) electrons. The largest absolute Gasteiger partial charge is 0.348 e. The Kier molecular flexibility index (Phi) is 4.54. The van der Waals surface area contributed by atoms with E-state index in [1.165, 1.54) is 18.2 Å². The zero-order valence-electron chi connectivity index (χ0n) is 12.9. The van der Waals surface area contributed by atoms with Crippen LogP contribution in [0.2, 0.25) is 5.02 Å². The van der Waals surface area contributed by atoms with Gasteiger partial charge in [0.05, 0.1) is 33.5 Å². The van der Waals surface area contributed by atoms with Crippen LogP contribution in [0, 0.1) is 0 Å². The fraction of sp³-hybridized carbons (Fsp3) is 0.429. The molecule has 1 N–H and O–H groups in total. The van der Waals surface area contributed by atoms with Gasteiger partial charge in [-0.05, 0) is 24.6 Å². The maximum Gasteiger partial charge on any atom is 0.253 e. The van der Waals surface area contributed by atoms with E-state index in [4.69, 9.17) is 11.6 Å². The van der Waals surface area contributed by atoms with Gasteiger partial charge in [-0.25, -0.2) is 21.1 Å². The van der Waals surface area contributed by atoms with Gasteiger partial charge in [0.1, 0.15) is 0 Å². The third-order valence-corrected chi connectivity index (χ3v) is 7.86. The average Bonchev–Trinajstić information content (AvgIpc) is 2.98. The van der Waals surface area contributed by atoms with Crippen LogP contribution in [0.1, 0.15) is 23.2 Å². The predicted molar refractivity (Wildman–Crippen MR) is 91.9 cm³/mol. The summed E-state index contributed by atoms with van der Waals surface area (Å²) < 4.78 is 47.6. The van der Waals surface area contributed by atoms with Gasteiger partial charge in [-0.3, -0.25) is 9.59 Å². The summed E-state index contributed by atoms with van der Waals surface area (Å²) in [6.07, 6.45) is 0.191. The topological polar surface area (TPSA) is 118 Å². The molecule has 2 aliphatic heterocycles. The van der Waals surface area contributed by atoms with E-state index < -0.39 is 37.7 Å². The number of benzene rings is 1. The first-order chi connectivity index (χ1) is 11.6. The molecule has 1 aromatic carbocycles. The molecule has 11 heteroatoms. The summed E-state index contributed by atoms with van der Waals surface area (Å²) in [7, 11) is -6.91. The van der Waals surface area contributed by atoms with Gasteiger partial charge in [0.2, 0.25) is 15.9 Å². The summed E-state index contributed by atoms with van der Waals surface area (Å²) >= 11 is 6.01. The van der Waals surface area contributed by atoms with Gasteiger partial charge in [-0.2, -0.15) is 0 Å². The first-order valence-corrected chi connectivity index (χ1v) is 11.3. The number of amides is 2. The van der Waals surface area contributed by atoms with Crippen molar-refractivity contribution in [3.05, 3.63) is 28.8 Å². The Balaban J connectivity index is 1.87. The molecule has 2 fully saturated rings. The number of hydrogen-bond donors (Lipinski definition) is 1. The second-order valence-corrected chi connectivity index (χ2v) is 10.5. The van der Waals surface area contributed by atoms with Crippen molar-refractivity contribution >= 4 is 49.0 Å². The minimum atomic E-state index is -3.75. The Morgan fingerprint density at radius 3 is 2.48 bits per heavy atom. The van der Waals surface area contributed by atoms with Crippen LogP contribution in [-0.4, -0.2) is 52.0 Å². The molecule has 1 atom stereocenters. The number of sulfonamides is 1. The van der Waals surface area contributed by atoms with E-state index in [2.05, 4.69) is 5.32 Å². The standard InChI is InChI=1S/C14H15ClN2O6S2/c15-12-2-1-10(17-13(18)4-6-25(17,22)23)7-11(12)14(19)16-9-3-5-24(20,21)8-9/h1-2,7,9H,3-6,8H2,(H,16,19). The number of sulfone groups is 1. The maximum atomic E-state index is 12.4. The average molecular weight is 407 g/mol. The lowest BCUT2D eigenvalue weighted by atomic mass is 10.1. The highest BCUT2D eigenvalue weighted by atomic mass is 35.5. The lowest BCUT2D eigenvalue weighted by molar-refractivity contribution is -0.116. The molecular weight excluding hydrogens is 392 g/mol. The smallest absolute Gasteiger partial charge is 0.253 e. The molecule has 2 aliphatic rings. The first-order valence-electron chi connectivity index (χ1n) is 7.46. The van der Waals surface area contributed by atoms with Crippen molar-refractivity contribution in [2.24, 2.45) is 0 Å². The monoisotopic (exact) mass is 406 g/mol. The molecule has 0 aromatic heterocycles. The van der Waals surface area contributed by atoms with E-state index in [0.717, 1.165) is 0 Å². The molecule has 136 valence electrons. The molecule has 2 amide bonds. The summed E-state index contributed by atoms with van der Waals surface area (Å²) in [5.41, 5.74) is 0.0226. The molecule has 0 aliphatic carbocycles. The van der Waals surface area contributed by atoms with Crippen LogP contribution in [0.15, 0.2) is 18.2 Å². The van der Waals surface area contributed by atoms with Crippen molar-refractivity contribution in [2.75, 3.05) is 21.6 Å². The van der Waals surface area contributed by atoms with E-state index in [1.807, 2.05) is 0 Å². The summed E-state index contributed by atoms with van der Waals surface area (Å²) in [4.78, 5) is 24.3. The Hall–Kier alpha value is -1.65. The predicted octanol–water partition coefficient (Wildman–Crippen LogP) is 0.323. The van der Waals surface area contributed by atoms with Gasteiger partial charge in [-0.1, -0.05) is 11.6 Å². The van der Waals surface area contributed by atoms with Crippen molar-refractivity contribution in [1.29, 1.82) is 0 Å². The summed E-state index contributed by atoms with van der Waals surface area (Å²) in [6.45, 7) is 0. The van der Waals surface area contributed by atoms with E-state index in [-0.39, 0.29) is 40.0 Å². The Morgan fingerprint density at radius 1 is 1.20 bits per heavy atom. The van der Waals surface area contributed by atoms with Crippen LogP contribution in [0.25, 0.3) is 0 Å². The molecule has 8 nitrogen and oxygen atoms in total. The molecule has 0 saturated carbocycles. The van der Waals surface area contributed by atoms with Crippen LogP contribution < -0.4 is 9.62 Å². The van der Waals surface area contributed by atoms with Crippen LogP contribution >= 0.6 is 11.6 Å². The van der Waals surface area contributed by atoms with Crippen molar-refractivity contribution in [1.82, 2.24) is 5.32 Å². The van der Waals surface area contributed by atoms with Crippen LogP contribution in [0.3, 0.4) is 0 Å². The Labute approximate surface area is 150 Å².